The van der Waals surface area contributed by atoms with Crippen molar-refractivity contribution in [2.24, 2.45) is 0 Å². The molecule has 6 heteroatoms. The van der Waals surface area contributed by atoms with Gasteiger partial charge in [0, 0.05) is 5.38 Å². The largest absolute Gasteiger partial charge is 0.495 e. The molecule has 0 atom stereocenters. The van der Waals surface area contributed by atoms with Crippen LogP contribution in [0.15, 0.2) is 29.6 Å². The zero-order chi connectivity index (χ0) is 13.0. The lowest BCUT2D eigenvalue weighted by Gasteiger charge is -2.09. The van der Waals surface area contributed by atoms with Crippen molar-refractivity contribution in [3.8, 4) is 5.75 Å². The Kier molecular flexibility index (Phi) is 3.78. The first-order valence-electron chi connectivity index (χ1n) is 5.25. The van der Waals surface area contributed by atoms with Crippen molar-refractivity contribution >= 4 is 23.0 Å². The molecule has 0 amide bonds. The van der Waals surface area contributed by atoms with Gasteiger partial charge in [-0.3, -0.25) is 0 Å². The predicted molar refractivity (Wildman–Crippen MR) is 69.4 cm³/mol. The molecule has 0 radical (unpaired) electrons. The van der Waals surface area contributed by atoms with Gasteiger partial charge in [0.1, 0.15) is 5.75 Å². The number of carbonyl (C=O) groups is 1. The molecule has 0 aliphatic rings. The van der Waals surface area contributed by atoms with Crippen molar-refractivity contribution in [3.63, 3.8) is 0 Å². The molecular weight excluding hydrogens is 252 g/mol. The van der Waals surface area contributed by atoms with Crippen LogP contribution < -0.4 is 10.1 Å². The maximum atomic E-state index is 10.7. The lowest BCUT2D eigenvalue weighted by Crippen LogP contribution is -2.02. The summed E-state index contributed by atoms with van der Waals surface area (Å²) >= 11 is 1.12. The minimum atomic E-state index is -0.997. The van der Waals surface area contributed by atoms with Crippen LogP contribution >= 0.6 is 11.3 Å². The molecule has 0 fully saturated rings. The molecule has 0 bridgehead atoms. The van der Waals surface area contributed by atoms with E-state index in [4.69, 9.17) is 9.84 Å². The number of ether oxygens (including phenoxy) is 1. The second-order valence-corrected chi connectivity index (χ2v) is 4.36. The standard InChI is InChI=1S/C12H12N2O3S/c1-17-10-5-3-2-4-9(10)13-6-8-7-18-11(14-8)12(15)16/h2-5,7,13H,6H2,1H3,(H,15,16). The molecule has 18 heavy (non-hydrogen) atoms. The third-order valence-electron chi connectivity index (χ3n) is 2.30. The average molecular weight is 264 g/mol. The monoisotopic (exact) mass is 264 g/mol. The van der Waals surface area contributed by atoms with Gasteiger partial charge >= 0.3 is 5.97 Å². The summed E-state index contributed by atoms with van der Waals surface area (Å²) in [5, 5.41) is 13.8. The van der Waals surface area contributed by atoms with Crippen molar-refractivity contribution in [2.45, 2.75) is 6.54 Å². The van der Waals surface area contributed by atoms with Gasteiger partial charge in [0.25, 0.3) is 0 Å². The molecular formula is C12H12N2O3S. The van der Waals surface area contributed by atoms with Crippen molar-refractivity contribution in [2.75, 3.05) is 12.4 Å². The maximum absolute atomic E-state index is 10.7. The molecule has 0 spiro atoms. The van der Waals surface area contributed by atoms with Crippen LogP contribution in [0.25, 0.3) is 0 Å². The van der Waals surface area contributed by atoms with Gasteiger partial charge in [-0.2, -0.15) is 0 Å². The van der Waals surface area contributed by atoms with E-state index in [-0.39, 0.29) is 5.01 Å². The highest BCUT2D eigenvalue weighted by Crippen LogP contribution is 2.23. The number of nitrogens with zero attached hydrogens (tertiary/aromatic N) is 1. The van der Waals surface area contributed by atoms with Gasteiger partial charge in [0.05, 0.1) is 25.0 Å². The maximum Gasteiger partial charge on any atom is 0.365 e. The minimum Gasteiger partial charge on any atom is -0.495 e. The fourth-order valence-corrected chi connectivity index (χ4v) is 2.12. The summed E-state index contributed by atoms with van der Waals surface area (Å²) in [7, 11) is 1.60. The zero-order valence-electron chi connectivity index (χ0n) is 9.71. The fraction of sp³-hybridized carbons (Fsp3) is 0.167. The molecule has 2 rings (SSSR count). The van der Waals surface area contributed by atoms with Crippen molar-refractivity contribution in [1.29, 1.82) is 0 Å². The highest BCUT2D eigenvalue weighted by Gasteiger charge is 2.09. The Balaban J connectivity index is 2.04. The van der Waals surface area contributed by atoms with E-state index in [1.165, 1.54) is 0 Å². The Morgan fingerprint density at radius 3 is 2.94 bits per heavy atom. The van der Waals surface area contributed by atoms with Gasteiger partial charge in [-0.25, -0.2) is 9.78 Å². The first-order chi connectivity index (χ1) is 8.70. The number of hydrogen-bond acceptors (Lipinski definition) is 5. The highest BCUT2D eigenvalue weighted by molar-refractivity contribution is 7.11. The third-order valence-corrected chi connectivity index (χ3v) is 3.18. The predicted octanol–water partition coefficient (Wildman–Crippen LogP) is 2.46. The lowest BCUT2D eigenvalue weighted by molar-refractivity contribution is 0.0696. The first kappa shape index (κ1) is 12.4. The topological polar surface area (TPSA) is 71.5 Å². The van der Waals surface area contributed by atoms with Gasteiger partial charge in [-0.05, 0) is 12.1 Å². The number of carboxylic acids is 1. The van der Waals surface area contributed by atoms with Crippen LogP contribution in [0, 0.1) is 0 Å². The van der Waals surface area contributed by atoms with E-state index in [1.807, 2.05) is 24.3 Å². The number of aromatic nitrogens is 1. The summed E-state index contributed by atoms with van der Waals surface area (Å²) in [6.07, 6.45) is 0. The molecule has 1 aromatic heterocycles. The van der Waals surface area contributed by atoms with E-state index in [0.717, 1.165) is 22.8 Å². The van der Waals surface area contributed by atoms with E-state index in [9.17, 15) is 4.79 Å². The van der Waals surface area contributed by atoms with Crippen LogP contribution in [0.2, 0.25) is 0 Å². The van der Waals surface area contributed by atoms with E-state index in [2.05, 4.69) is 10.3 Å². The van der Waals surface area contributed by atoms with Gasteiger partial charge in [-0.15, -0.1) is 11.3 Å². The summed E-state index contributed by atoms with van der Waals surface area (Å²) in [5.41, 5.74) is 1.55. The number of aromatic carboxylic acids is 1. The Morgan fingerprint density at radius 2 is 2.28 bits per heavy atom. The van der Waals surface area contributed by atoms with Gasteiger partial charge in [0.2, 0.25) is 5.01 Å². The van der Waals surface area contributed by atoms with Crippen molar-refractivity contribution in [1.82, 2.24) is 4.98 Å². The number of carboxylic acid groups (broad SMARTS) is 1. The normalized spacial score (nSPS) is 10.1. The number of para-hydroxylation sites is 2. The molecule has 2 aromatic rings. The molecule has 0 saturated carbocycles. The van der Waals surface area contributed by atoms with Gasteiger partial charge < -0.3 is 15.2 Å². The Morgan fingerprint density at radius 1 is 1.50 bits per heavy atom. The molecule has 5 nitrogen and oxygen atoms in total. The molecule has 1 aromatic carbocycles. The minimum absolute atomic E-state index is 0.104. The molecule has 1 heterocycles. The SMILES string of the molecule is COc1ccccc1NCc1csc(C(=O)O)n1. The van der Waals surface area contributed by atoms with Crippen LogP contribution in [0.3, 0.4) is 0 Å². The number of hydrogen-bond donors (Lipinski definition) is 2. The van der Waals surface area contributed by atoms with E-state index in [1.54, 1.807) is 12.5 Å². The molecule has 2 N–H and O–H groups in total. The summed E-state index contributed by atoms with van der Waals surface area (Å²) in [5.74, 6) is -0.255. The quantitative estimate of drug-likeness (QED) is 0.868. The summed E-state index contributed by atoms with van der Waals surface area (Å²) in [6.45, 7) is 0.462. The van der Waals surface area contributed by atoms with Crippen LogP contribution in [-0.4, -0.2) is 23.2 Å². The number of nitrogens with one attached hydrogen (secondary N) is 1. The fourth-order valence-electron chi connectivity index (χ4n) is 1.46. The van der Waals surface area contributed by atoms with Crippen molar-refractivity contribution < 1.29 is 14.6 Å². The smallest absolute Gasteiger partial charge is 0.365 e. The second-order valence-electron chi connectivity index (χ2n) is 3.50. The second kappa shape index (κ2) is 5.50. The van der Waals surface area contributed by atoms with Crippen LogP contribution in [0.1, 0.15) is 15.5 Å². The summed E-state index contributed by atoms with van der Waals surface area (Å²) < 4.78 is 5.20. The third kappa shape index (κ3) is 2.78. The molecule has 0 saturated heterocycles. The number of methoxy groups -OCH3 is 1. The number of rotatable bonds is 5. The summed E-state index contributed by atoms with van der Waals surface area (Å²) in [4.78, 5) is 14.7. The first-order valence-corrected chi connectivity index (χ1v) is 6.13. The van der Waals surface area contributed by atoms with E-state index < -0.39 is 5.97 Å². The molecule has 94 valence electrons. The lowest BCUT2D eigenvalue weighted by atomic mass is 10.3. The van der Waals surface area contributed by atoms with E-state index in [0.29, 0.717) is 12.2 Å². The van der Waals surface area contributed by atoms with Crippen LogP contribution in [0.4, 0.5) is 5.69 Å². The van der Waals surface area contributed by atoms with Crippen LogP contribution in [0.5, 0.6) is 5.75 Å². The Hall–Kier alpha value is -2.08. The number of benzene rings is 1. The molecule has 0 aliphatic carbocycles. The van der Waals surface area contributed by atoms with Crippen molar-refractivity contribution in [3.05, 3.63) is 40.3 Å². The van der Waals surface area contributed by atoms with Gasteiger partial charge in [0.15, 0.2) is 0 Å². The highest BCUT2D eigenvalue weighted by atomic mass is 32.1. The molecule has 0 aliphatic heterocycles. The Labute approximate surface area is 108 Å². The average Bonchev–Trinajstić information content (AvgIpc) is 2.85. The van der Waals surface area contributed by atoms with Crippen LogP contribution in [-0.2, 0) is 6.54 Å². The Bertz CT molecular complexity index is 554. The summed E-state index contributed by atoms with van der Waals surface area (Å²) in [6, 6.07) is 7.53. The van der Waals surface area contributed by atoms with Gasteiger partial charge in [-0.1, -0.05) is 12.1 Å². The van der Waals surface area contributed by atoms with E-state index >= 15 is 0 Å². The number of thiazole rings is 1. The molecule has 0 unspecified atom stereocenters. The number of anilines is 1. The zero-order valence-corrected chi connectivity index (χ0v) is 10.5.